The number of likely N-dealkylation sites (tertiary alicyclic amines) is 1. The number of azide groups is 1. The van der Waals surface area contributed by atoms with Crippen molar-refractivity contribution in [2.45, 2.75) is 51.3 Å². The van der Waals surface area contributed by atoms with Crippen molar-refractivity contribution < 1.29 is 19.1 Å². The molecule has 1 fully saturated rings. The van der Waals surface area contributed by atoms with Gasteiger partial charge in [-0.2, -0.15) is 0 Å². The van der Waals surface area contributed by atoms with E-state index in [1.807, 2.05) is 0 Å². The molecule has 2 unspecified atom stereocenters. The van der Waals surface area contributed by atoms with E-state index < -0.39 is 23.7 Å². The lowest BCUT2D eigenvalue weighted by atomic mass is 9.99. The molecule has 1 amide bonds. The van der Waals surface area contributed by atoms with Gasteiger partial charge in [-0.25, -0.2) is 9.59 Å². The smallest absolute Gasteiger partial charge is 0.411 e. The summed E-state index contributed by atoms with van der Waals surface area (Å²) in [7, 11) is 1.27. The molecule has 2 atom stereocenters. The zero-order chi connectivity index (χ0) is 15.3. The number of piperidine rings is 1. The quantitative estimate of drug-likeness (QED) is 0.335. The minimum absolute atomic E-state index is 0.152. The van der Waals surface area contributed by atoms with Gasteiger partial charge in [-0.1, -0.05) is 5.11 Å². The molecule has 1 heterocycles. The Bertz CT molecular complexity index is 426. The van der Waals surface area contributed by atoms with Crippen LogP contribution >= 0.6 is 0 Å². The Hall–Kier alpha value is -1.95. The molecule has 112 valence electrons. The molecule has 1 aliphatic heterocycles. The number of nitrogens with zero attached hydrogens (tertiary/aromatic N) is 4. The van der Waals surface area contributed by atoms with E-state index in [1.165, 1.54) is 12.0 Å². The zero-order valence-corrected chi connectivity index (χ0v) is 12.2. The summed E-state index contributed by atoms with van der Waals surface area (Å²) in [6.45, 7) is 5.38. The molecule has 0 aromatic rings. The molecule has 1 rings (SSSR count). The number of rotatable bonds is 2. The second-order valence-corrected chi connectivity index (χ2v) is 5.61. The molecular formula is C12H20N4O4. The van der Waals surface area contributed by atoms with Crippen molar-refractivity contribution in [2.75, 3.05) is 13.7 Å². The second kappa shape index (κ2) is 6.47. The zero-order valence-electron chi connectivity index (χ0n) is 12.2. The van der Waals surface area contributed by atoms with Crippen molar-refractivity contribution in [1.29, 1.82) is 0 Å². The number of ether oxygens (including phenoxy) is 2. The molecule has 8 nitrogen and oxygen atoms in total. The molecule has 0 bridgehead atoms. The first kappa shape index (κ1) is 16.1. The van der Waals surface area contributed by atoms with Crippen LogP contribution in [0.1, 0.15) is 33.6 Å². The average molecular weight is 284 g/mol. The Morgan fingerprint density at radius 2 is 2.00 bits per heavy atom. The van der Waals surface area contributed by atoms with Gasteiger partial charge in [0.1, 0.15) is 11.6 Å². The number of amides is 1. The molecular weight excluding hydrogens is 264 g/mol. The van der Waals surface area contributed by atoms with Crippen LogP contribution in [0.15, 0.2) is 5.11 Å². The molecule has 0 spiro atoms. The van der Waals surface area contributed by atoms with Gasteiger partial charge in [0.2, 0.25) is 0 Å². The number of carbonyl (C=O) groups is 2. The van der Waals surface area contributed by atoms with E-state index in [9.17, 15) is 9.59 Å². The van der Waals surface area contributed by atoms with Crippen molar-refractivity contribution in [3.05, 3.63) is 10.4 Å². The van der Waals surface area contributed by atoms with Crippen LogP contribution in [0, 0.1) is 0 Å². The van der Waals surface area contributed by atoms with Gasteiger partial charge in [0, 0.05) is 11.5 Å². The Morgan fingerprint density at radius 3 is 2.50 bits per heavy atom. The maximum absolute atomic E-state index is 12.2. The lowest BCUT2D eigenvalue weighted by Crippen LogP contribution is -2.53. The third-order valence-electron chi connectivity index (χ3n) is 2.87. The van der Waals surface area contributed by atoms with Gasteiger partial charge in [-0.3, -0.25) is 4.90 Å². The van der Waals surface area contributed by atoms with E-state index in [2.05, 4.69) is 10.0 Å². The van der Waals surface area contributed by atoms with Crippen molar-refractivity contribution in [3.63, 3.8) is 0 Å². The Kier molecular flexibility index (Phi) is 5.21. The van der Waals surface area contributed by atoms with Crippen LogP contribution in [0.5, 0.6) is 0 Å². The Labute approximate surface area is 117 Å². The first-order valence-electron chi connectivity index (χ1n) is 6.40. The highest BCUT2D eigenvalue weighted by molar-refractivity contribution is 5.81. The largest absolute Gasteiger partial charge is 0.467 e. The van der Waals surface area contributed by atoms with Crippen molar-refractivity contribution in [1.82, 2.24) is 4.90 Å². The van der Waals surface area contributed by atoms with Crippen LogP contribution in [-0.2, 0) is 14.3 Å². The van der Waals surface area contributed by atoms with E-state index in [-0.39, 0.29) is 12.6 Å². The third-order valence-corrected chi connectivity index (χ3v) is 2.87. The number of carbonyl (C=O) groups excluding carboxylic acids is 2. The number of methoxy groups -OCH3 is 1. The minimum Gasteiger partial charge on any atom is -0.467 e. The van der Waals surface area contributed by atoms with E-state index in [0.29, 0.717) is 12.8 Å². The molecule has 1 saturated heterocycles. The van der Waals surface area contributed by atoms with Gasteiger partial charge in [0.25, 0.3) is 0 Å². The van der Waals surface area contributed by atoms with Crippen LogP contribution in [0.25, 0.3) is 10.4 Å². The van der Waals surface area contributed by atoms with Crippen molar-refractivity contribution in [2.24, 2.45) is 5.11 Å². The molecule has 0 radical (unpaired) electrons. The predicted molar refractivity (Wildman–Crippen MR) is 70.9 cm³/mol. The molecule has 0 aromatic carbocycles. The summed E-state index contributed by atoms with van der Waals surface area (Å²) in [5, 5.41) is 3.61. The van der Waals surface area contributed by atoms with E-state index in [0.717, 1.165) is 0 Å². The first-order valence-corrected chi connectivity index (χ1v) is 6.40. The van der Waals surface area contributed by atoms with Gasteiger partial charge >= 0.3 is 12.1 Å². The third kappa shape index (κ3) is 4.31. The first-order chi connectivity index (χ1) is 9.28. The lowest BCUT2D eigenvalue weighted by Gasteiger charge is -2.37. The molecule has 20 heavy (non-hydrogen) atoms. The summed E-state index contributed by atoms with van der Waals surface area (Å²) in [4.78, 5) is 27.9. The standard InChI is InChI=1S/C12H20N4O4/c1-12(2,3)20-11(18)16-7-8(14-15-13)5-6-9(16)10(17)19-4/h8-9H,5-7H2,1-4H3. The number of esters is 1. The molecule has 0 N–H and O–H groups in total. The second-order valence-electron chi connectivity index (χ2n) is 5.61. The van der Waals surface area contributed by atoms with Crippen LogP contribution in [0.4, 0.5) is 4.79 Å². The summed E-state index contributed by atoms with van der Waals surface area (Å²) in [5.74, 6) is -0.491. The van der Waals surface area contributed by atoms with Gasteiger partial charge in [-0.15, -0.1) is 0 Å². The van der Waals surface area contributed by atoms with Crippen molar-refractivity contribution >= 4 is 12.1 Å². The minimum atomic E-state index is -0.694. The van der Waals surface area contributed by atoms with Gasteiger partial charge in [0.15, 0.2) is 0 Å². The van der Waals surface area contributed by atoms with E-state index >= 15 is 0 Å². The Morgan fingerprint density at radius 1 is 1.35 bits per heavy atom. The highest BCUT2D eigenvalue weighted by Gasteiger charge is 2.38. The molecule has 0 saturated carbocycles. The average Bonchev–Trinajstić information content (AvgIpc) is 2.36. The molecule has 8 heteroatoms. The van der Waals surface area contributed by atoms with Gasteiger partial charge in [0.05, 0.1) is 13.2 Å². The summed E-state index contributed by atoms with van der Waals surface area (Å²) >= 11 is 0. The fourth-order valence-electron chi connectivity index (χ4n) is 2.02. The Balaban J connectivity index is 2.88. The van der Waals surface area contributed by atoms with Crippen LogP contribution in [-0.4, -0.2) is 48.3 Å². The summed E-state index contributed by atoms with van der Waals surface area (Å²) in [6.07, 6.45) is 0.310. The fraction of sp³-hybridized carbons (Fsp3) is 0.833. The highest BCUT2D eigenvalue weighted by Crippen LogP contribution is 2.23. The molecule has 0 aliphatic carbocycles. The maximum Gasteiger partial charge on any atom is 0.411 e. The number of hydrogen-bond donors (Lipinski definition) is 0. The topological polar surface area (TPSA) is 105 Å². The maximum atomic E-state index is 12.2. The van der Waals surface area contributed by atoms with Crippen LogP contribution < -0.4 is 0 Å². The monoisotopic (exact) mass is 284 g/mol. The highest BCUT2D eigenvalue weighted by atomic mass is 16.6. The van der Waals surface area contributed by atoms with Crippen molar-refractivity contribution in [3.8, 4) is 0 Å². The number of hydrogen-bond acceptors (Lipinski definition) is 5. The lowest BCUT2D eigenvalue weighted by molar-refractivity contribution is -0.148. The normalized spacial score (nSPS) is 22.7. The van der Waals surface area contributed by atoms with Gasteiger partial charge < -0.3 is 9.47 Å². The van der Waals surface area contributed by atoms with Crippen LogP contribution in [0.2, 0.25) is 0 Å². The summed E-state index contributed by atoms with van der Waals surface area (Å²) in [5.41, 5.74) is 7.82. The van der Waals surface area contributed by atoms with E-state index in [1.54, 1.807) is 20.8 Å². The summed E-state index contributed by atoms with van der Waals surface area (Å²) in [6, 6.07) is -1.05. The molecule has 0 aromatic heterocycles. The fourth-order valence-corrected chi connectivity index (χ4v) is 2.02. The summed E-state index contributed by atoms with van der Waals surface area (Å²) < 4.78 is 9.98. The predicted octanol–water partition coefficient (Wildman–Crippen LogP) is 2.24. The van der Waals surface area contributed by atoms with E-state index in [4.69, 9.17) is 15.0 Å². The van der Waals surface area contributed by atoms with Crippen LogP contribution in [0.3, 0.4) is 0 Å². The molecule has 1 aliphatic rings. The SMILES string of the molecule is COC(=O)C1CCC(N=[N+]=[N-])CN1C(=O)OC(C)(C)C. The van der Waals surface area contributed by atoms with Gasteiger partial charge in [-0.05, 0) is 39.1 Å².